The average Bonchev–Trinajstić information content (AvgIpc) is 2.73. The molecule has 3 rings (SSSR count). The highest BCUT2D eigenvalue weighted by atomic mass is 35.5. The van der Waals surface area contributed by atoms with Gasteiger partial charge >= 0.3 is 6.18 Å². The maximum absolute atomic E-state index is 13.1. The Morgan fingerprint density at radius 2 is 1.78 bits per heavy atom. The van der Waals surface area contributed by atoms with Crippen LogP contribution in [0.15, 0.2) is 60.7 Å². The molecule has 0 fully saturated rings. The Labute approximate surface area is 192 Å². The summed E-state index contributed by atoms with van der Waals surface area (Å²) in [4.78, 5) is 12.7. The van der Waals surface area contributed by atoms with Crippen molar-refractivity contribution in [3.05, 3.63) is 87.4 Å². The highest BCUT2D eigenvalue weighted by Gasteiger charge is 2.33. The molecule has 0 unspecified atom stereocenters. The number of benzene rings is 3. The minimum atomic E-state index is -4.64. The number of alkyl halides is 3. The van der Waals surface area contributed by atoms with Crippen molar-refractivity contribution in [3.63, 3.8) is 0 Å². The van der Waals surface area contributed by atoms with Gasteiger partial charge in [-0.25, -0.2) is 0 Å². The number of amides is 1. The van der Waals surface area contributed by atoms with Crippen molar-refractivity contribution in [1.82, 2.24) is 0 Å². The third-order valence-electron chi connectivity index (χ3n) is 4.34. The molecule has 3 aromatic rings. The van der Waals surface area contributed by atoms with Gasteiger partial charge in [-0.2, -0.15) is 13.2 Å². The number of hydrogen-bond donors (Lipinski definition) is 1. The molecule has 1 N–H and O–H groups in total. The second-order valence-electron chi connectivity index (χ2n) is 6.65. The van der Waals surface area contributed by atoms with Gasteiger partial charge in [-0.1, -0.05) is 29.3 Å². The first-order valence-electron chi connectivity index (χ1n) is 9.49. The fourth-order valence-corrected chi connectivity index (χ4v) is 3.28. The third kappa shape index (κ3) is 6.08. The van der Waals surface area contributed by atoms with Gasteiger partial charge in [0.05, 0.1) is 17.2 Å². The SMILES string of the molecule is CCOc1ccc(C(=O)Nc2ccc(Cl)c(C(F)(F)F)c2)cc1COc1cccc(Cl)c1. The number of carbonyl (C=O) groups excluding carboxylic acids is 1. The Bertz CT molecular complexity index is 1120. The lowest BCUT2D eigenvalue weighted by Gasteiger charge is -2.14. The van der Waals surface area contributed by atoms with E-state index in [9.17, 15) is 18.0 Å². The van der Waals surface area contributed by atoms with E-state index in [1.807, 2.05) is 6.92 Å². The van der Waals surface area contributed by atoms with Gasteiger partial charge < -0.3 is 14.8 Å². The van der Waals surface area contributed by atoms with Crippen molar-refractivity contribution < 1.29 is 27.4 Å². The van der Waals surface area contributed by atoms with Gasteiger partial charge in [0, 0.05) is 21.8 Å². The second kappa shape index (κ2) is 10.1. The van der Waals surface area contributed by atoms with E-state index in [1.54, 1.807) is 36.4 Å². The van der Waals surface area contributed by atoms with E-state index in [0.717, 1.165) is 12.1 Å². The van der Waals surface area contributed by atoms with Crippen LogP contribution in [0.2, 0.25) is 10.0 Å². The quantitative estimate of drug-likeness (QED) is 0.385. The summed E-state index contributed by atoms with van der Waals surface area (Å²) in [7, 11) is 0. The standard InChI is InChI=1S/C23H18Cl2F3NO3/c1-2-31-21-9-6-14(10-15(21)13-32-18-5-3-4-16(24)11-18)22(30)29-17-7-8-20(25)19(12-17)23(26,27)28/h3-12H,2,13H2,1H3,(H,29,30). The predicted molar refractivity (Wildman–Crippen MR) is 118 cm³/mol. The van der Waals surface area contributed by atoms with E-state index in [4.69, 9.17) is 32.7 Å². The molecule has 9 heteroatoms. The number of anilines is 1. The van der Waals surface area contributed by atoms with Gasteiger partial charge in [0.15, 0.2) is 0 Å². The smallest absolute Gasteiger partial charge is 0.417 e. The number of rotatable bonds is 7. The maximum Gasteiger partial charge on any atom is 0.417 e. The number of halogens is 5. The molecule has 1 amide bonds. The van der Waals surface area contributed by atoms with Crippen molar-refractivity contribution in [2.24, 2.45) is 0 Å². The Morgan fingerprint density at radius 3 is 2.47 bits per heavy atom. The van der Waals surface area contributed by atoms with E-state index >= 15 is 0 Å². The Morgan fingerprint density at radius 1 is 1.00 bits per heavy atom. The van der Waals surface area contributed by atoms with Crippen LogP contribution in [0.5, 0.6) is 11.5 Å². The molecule has 0 aliphatic heterocycles. The van der Waals surface area contributed by atoms with Crippen LogP contribution in [0.1, 0.15) is 28.4 Å². The van der Waals surface area contributed by atoms with Gasteiger partial charge in [-0.3, -0.25) is 4.79 Å². The van der Waals surface area contributed by atoms with Crippen LogP contribution in [0.3, 0.4) is 0 Å². The summed E-state index contributed by atoms with van der Waals surface area (Å²) < 4.78 is 50.6. The molecular formula is C23H18Cl2F3NO3. The molecule has 168 valence electrons. The third-order valence-corrected chi connectivity index (χ3v) is 4.91. The fourth-order valence-electron chi connectivity index (χ4n) is 2.87. The molecule has 32 heavy (non-hydrogen) atoms. The summed E-state index contributed by atoms with van der Waals surface area (Å²) in [6.45, 7) is 2.32. The first kappa shape index (κ1) is 23.8. The minimum absolute atomic E-state index is 0.0302. The monoisotopic (exact) mass is 483 g/mol. The second-order valence-corrected chi connectivity index (χ2v) is 7.49. The summed E-state index contributed by atoms with van der Waals surface area (Å²) in [6, 6.07) is 14.7. The van der Waals surface area contributed by atoms with Crippen LogP contribution in [0.25, 0.3) is 0 Å². The van der Waals surface area contributed by atoms with Crippen LogP contribution in [0.4, 0.5) is 18.9 Å². The van der Waals surface area contributed by atoms with Gasteiger partial charge in [0.1, 0.15) is 18.1 Å². The highest BCUT2D eigenvalue weighted by Crippen LogP contribution is 2.36. The van der Waals surface area contributed by atoms with E-state index in [0.29, 0.717) is 28.7 Å². The predicted octanol–water partition coefficient (Wildman–Crippen LogP) is 7.24. The summed E-state index contributed by atoms with van der Waals surface area (Å²) in [6.07, 6.45) is -4.64. The lowest BCUT2D eigenvalue weighted by Crippen LogP contribution is -2.14. The van der Waals surface area contributed by atoms with E-state index in [-0.39, 0.29) is 17.9 Å². The molecule has 0 atom stereocenters. The average molecular weight is 484 g/mol. The van der Waals surface area contributed by atoms with Gasteiger partial charge in [-0.05, 0) is 61.5 Å². The summed E-state index contributed by atoms with van der Waals surface area (Å²) in [5.41, 5.74) is -0.246. The van der Waals surface area contributed by atoms with Crippen molar-refractivity contribution in [3.8, 4) is 11.5 Å². The fraction of sp³-hybridized carbons (Fsp3) is 0.174. The van der Waals surface area contributed by atoms with Crippen LogP contribution in [-0.4, -0.2) is 12.5 Å². The first-order chi connectivity index (χ1) is 15.2. The first-order valence-corrected chi connectivity index (χ1v) is 10.2. The summed E-state index contributed by atoms with van der Waals surface area (Å²) in [5, 5.41) is 2.53. The van der Waals surface area contributed by atoms with Crippen molar-refractivity contribution in [2.45, 2.75) is 19.7 Å². The molecule has 0 saturated carbocycles. The van der Waals surface area contributed by atoms with Crippen molar-refractivity contribution in [1.29, 1.82) is 0 Å². The lowest BCUT2D eigenvalue weighted by atomic mass is 10.1. The number of carbonyl (C=O) groups is 1. The molecule has 0 saturated heterocycles. The molecule has 0 aliphatic carbocycles. The minimum Gasteiger partial charge on any atom is -0.493 e. The zero-order valence-corrected chi connectivity index (χ0v) is 18.3. The van der Waals surface area contributed by atoms with Crippen LogP contribution >= 0.6 is 23.2 Å². The number of nitrogens with one attached hydrogen (secondary N) is 1. The molecule has 3 aromatic carbocycles. The summed E-state index contributed by atoms with van der Waals surface area (Å²) in [5.74, 6) is 0.472. The molecule has 0 aliphatic rings. The lowest BCUT2D eigenvalue weighted by molar-refractivity contribution is -0.137. The number of ether oxygens (including phenoxy) is 2. The molecule has 0 bridgehead atoms. The molecule has 0 spiro atoms. The normalized spacial score (nSPS) is 11.2. The van der Waals surface area contributed by atoms with Crippen LogP contribution < -0.4 is 14.8 Å². The van der Waals surface area contributed by atoms with Gasteiger partial charge in [-0.15, -0.1) is 0 Å². The Balaban J connectivity index is 1.81. The molecule has 0 heterocycles. The van der Waals surface area contributed by atoms with Crippen molar-refractivity contribution >= 4 is 34.8 Å². The molecular weight excluding hydrogens is 466 g/mol. The molecule has 4 nitrogen and oxygen atoms in total. The largest absolute Gasteiger partial charge is 0.493 e. The van der Waals surface area contributed by atoms with Gasteiger partial charge in [0.25, 0.3) is 5.91 Å². The number of hydrogen-bond acceptors (Lipinski definition) is 3. The zero-order chi connectivity index (χ0) is 23.3. The molecule has 0 radical (unpaired) electrons. The van der Waals surface area contributed by atoms with Gasteiger partial charge in [0.2, 0.25) is 0 Å². The molecule has 0 aromatic heterocycles. The van der Waals surface area contributed by atoms with E-state index < -0.39 is 22.7 Å². The van der Waals surface area contributed by atoms with E-state index in [2.05, 4.69) is 5.32 Å². The van der Waals surface area contributed by atoms with Crippen LogP contribution in [0, 0.1) is 0 Å². The van der Waals surface area contributed by atoms with Crippen LogP contribution in [-0.2, 0) is 12.8 Å². The highest BCUT2D eigenvalue weighted by molar-refractivity contribution is 6.31. The maximum atomic E-state index is 13.1. The topological polar surface area (TPSA) is 47.6 Å². The van der Waals surface area contributed by atoms with Crippen molar-refractivity contribution in [2.75, 3.05) is 11.9 Å². The Hall–Kier alpha value is -2.90. The Kier molecular flexibility index (Phi) is 7.53. The van der Waals surface area contributed by atoms with E-state index in [1.165, 1.54) is 12.1 Å². The zero-order valence-electron chi connectivity index (χ0n) is 16.8. The summed E-state index contributed by atoms with van der Waals surface area (Å²) >= 11 is 11.6.